The van der Waals surface area contributed by atoms with Crippen LogP contribution in [0.25, 0.3) is 0 Å². The third-order valence-corrected chi connectivity index (χ3v) is 4.92. The molecule has 1 aromatic carbocycles. The molecule has 0 spiro atoms. The second-order valence-corrected chi connectivity index (χ2v) is 6.85. The number of aryl methyl sites for hydroxylation is 1. The minimum absolute atomic E-state index is 0.0702. The van der Waals surface area contributed by atoms with E-state index < -0.39 is 4.92 Å². The zero-order valence-electron chi connectivity index (χ0n) is 11.2. The molecule has 22 heavy (non-hydrogen) atoms. The molecule has 0 saturated heterocycles. The Hall–Kier alpha value is -1.39. The van der Waals surface area contributed by atoms with Crippen LogP contribution < -0.4 is 5.32 Å². The average molecular weight is 450 g/mol. The van der Waals surface area contributed by atoms with Crippen molar-refractivity contribution in [3.63, 3.8) is 0 Å². The van der Waals surface area contributed by atoms with Gasteiger partial charge in [-0.25, -0.2) is 4.98 Å². The normalized spacial score (nSPS) is 10.5. The molecule has 2 aromatic rings. The van der Waals surface area contributed by atoms with Gasteiger partial charge in [-0.05, 0) is 31.9 Å². The highest BCUT2D eigenvalue weighted by molar-refractivity contribution is 9.11. The summed E-state index contributed by atoms with van der Waals surface area (Å²) in [5.41, 5.74) is 0.384. The van der Waals surface area contributed by atoms with Gasteiger partial charge in [-0.2, -0.15) is 0 Å². The van der Waals surface area contributed by atoms with E-state index in [1.807, 2.05) is 11.6 Å². The van der Waals surface area contributed by atoms with Crippen LogP contribution in [0.15, 0.2) is 38.6 Å². The van der Waals surface area contributed by atoms with Crippen LogP contribution in [0, 0.1) is 10.1 Å². The van der Waals surface area contributed by atoms with E-state index in [0.29, 0.717) is 14.6 Å². The Balaban J connectivity index is 2.05. The molecule has 1 amide bonds. The molecule has 1 heterocycles. The second-order valence-electron chi connectivity index (χ2n) is 4.20. The standard InChI is InChI=1S/C12H10Br2N4O3S/c1-17-3-2-15-12(17)22-6-10(19)16-11-8(13)4-7(18(20)21)5-9(11)14/h2-5H,6H2,1H3,(H,16,19). The number of thioether (sulfide) groups is 1. The molecule has 0 saturated carbocycles. The molecule has 0 radical (unpaired) electrons. The molecule has 1 N–H and O–H groups in total. The fourth-order valence-electron chi connectivity index (χ4n) is 1.58. The van der Waals surface area contributed by atoms with Gasteiger partial charge in [0.15, 0.2) is 5.16 Å². The number of hydrogen-bond acceptors (Lipinski definition) is 5. The topological polar surface area (TPSA) is 90.1 Å². The van der Waals surface area contributed by atoms with Gasteiger partial charge in [0.25, 0.3) is 5.69 Å². The third-order valence-electron chi connectivity index (χ3n) is 2.61. The van der Waals surface area contributed by atoms with Crippen molar-refractivity contribution in [3.8, 4) is 0 Å². The van der Waals surface area contributed by atoms with Crippen molar-refractivity contribution in [2.45, 2.75) is 5.16 Å². The number of nitrogens with zero attached hydrogens (tertiary/aromatic N) is 3. The van der Waals surface area contributed by atoms with Crippen LogP contribution in [0.4, 0.5) is 11.4 Å². The van der Waals surface area contributed by atoms with E-state index in [9.17, 15) is 14.9 Å². The fraction of sp³-hybridized carbons (Fsp3) is 0.167. The summed E-state index contributed by atoms with van der Waals surface area (Å²) in [6, 6.07) is 2.68. The Labute approximate surface area is 146 Å². The Morgan fingerprint density at radius 2 is 2.09 bits per heavy atom. The lowest BCUT2D eigenvalue weighted by molar-refractivity contribution is -0.385. The lowest BCUT2D eigenvalue weighted by Crippen LogP contribution is -2.15. The van der Waals surface area contributed by atoms with E-state index in [0.717, 1.165) is 5.16 Å². The first kappa shape index (κ1) is 17.0. The van der Waals surface area contributed by atoms with Gasteiger partial charge in [0, 0.05) is 40.5 Å². The molecule has 1 aromatic heterocycles. The summed E-state index contributed by atoms with van der Waals surface area (Å²) < 4.78 is 2.68. The zero-order valence-corrected chi connectivity index (χ0v) is 15.2. The predicted molar refractivity (Wildman–Crippen MR) is 91.1 cm³/mol. The van der Waals surface area contributed by atoms with E-state index in [1.165, 1.54) is 23.9 Å². The van der Waals surface area contributed by atoms with E-state index in [2.05, 4.69) is 42.2 Å². The van der Waals surface area contributed by atoms with Crippen molar-refractivity contribution >= 4 is 60.9 Å². The van der Waals surface area contributed by atoms with Crippen molar-refractivity contribution in [2.24, 2.45) is 7.05 Å². The van der Waals surface area contributed by atoms with Crippen LogP contribution in [0.2, 0.25) is 0 Å². The number of rotatable bonds is 5. The minimum Gasteiger partial charge on any atom is -0.329 e. The first-order chi connectivity index (χ1) is 10.4. The number of amides is 1. The number of anilines is 1. The Morgan fingerprint density at radius 1 is 1.45 bits per heavy atom. The van der Waals surface area contributed by atoms with Crippen molar-refractivity contribution in [3.05, 3.63) is 43.6 Å². The maximum Gasteiger partial charge on any atom is 0.271 e. The molecule has 0 fully saturated rings. The third kappa shape index (κ3) is 4.08. The summed E-state index contributed by atoms with van der Waals surface area (Å²) in [5, 5.41) is 14.2. The van der Waals surface area contributed by atoms with E-state index in [1.54, 1.807) is 12.4 Å². The molecule has 10 heteroatoms. The second kappa shape index (κ2) is 7.25. The number of non-ortho nitro benzene ring substituents is 1. The van der Waals surface area contributed by atoms with Gasteiger partial charge in [0.1, 0.15) is 0 Å². The first-order valence-corrected chi connectivity index (χ1v) is 8.49. The summed E-state index contributed by atoms with van der Waals surface area (Å²) in [6.07, 6.45) is 3.45. The van der Waals surface area contributed by atoms with Crippen LogP contribution >= 0.6 is 43.6 Å². The number of halogens is 2. The number of carbonyl (C=O) groups excluding carboxylic acids is 1. The van der Waals surface area contributed by atoms with Crippen LogP contribution in [-0.2, 0) is 11.8 Å². The number of imidazole rings is 1. The quantitative estimate of drug-likeness (QED) is 0.428. The smallest absolute Gasteiger partial charge is 0.271 e. The molecule has 0 aliphatic rings. The van der Waals surface area contributed by atoms with Crippen molar-refractivity contribution in [1.29, 1.82) is 0 Å². The highest BCUT2D eigenvalue weighted by atomic mass is 79.9. The van der Waals surface area contributed by atoms with E-state index in [-0.39, 0.29) is 17.3 Å². The van der Waals surface area contributed by atoms with Crippen LogP contribution in [-0.4, -0.2) is 26.1 Å². The SMILES string of the molecule is Cn1ccnc1SCC(=O)Nc1c(Br)cc([N+](=O)[O-])cc1Br. The minimum atomic E-state index is -0.502. The van der Waals surface area contributed by atoms with Gasteiger partial charge in [-0.15, -0.1) is 0 Å². The van der Waals surface area contributed by atoms with Gasteiger partial charge in [0.2, 0.25) is 5.91 Å². The van der Waals surface area contributed by atoms with Crippen molar-refractivity contribution in [2.75, 3.05) is 11.1 Å². The van der Waals surface area contributed by atoms with Gasteiger partial charge in [-0.3, -0.25) is 14.9 Å². The molecule has 0 aliphatic carbocycles. The Kier molecular flexibility index (Phi) is 5.59. The monoisotopic (exact) mass is 448 g/mol. The number of hydrogen-bond donors (Lipinski definition) is 1. The maximum absolute atomic E-state index is 12.0. The van der Waals surface area contributed by atoms with Crippen LogP contribution in [0.5, 0.6) is 0 Å². The molecular formula is C12H10Br2N4O3S. The highest BCUT2D eigenvalue weighted by Gasteiger charge is 2.16. The molecular weight excluding hydrogens is 440 g/mol. The Bertz CT molecular complexity index is 712. The van der Waals surface area contributed by atoms with E-state index in [4.69, 9.17) is 0 Å². The summed E-state index contributed by atoms with van der Waals surface area (Å²) >= 11 is 7.75. The summed E-state index contributed by atoms with van der Waals surface area (Å²) in [5.74, 6) is -0.0518. The fourth-order valence-corrected chi connectivity index (χ4v) is 3.67. The largest absolute Gasteiger partial charge is 0.329 e. The van der Waals surface area contributed by atoms with E-state index >= 15 is 0 Å². The van der Waals surface area contributed by atoms with Crippen molar-refractivity contribution < 1.29 is 9.72 Å². The van der Waals surface area contributed by atoms with Gasteiger partial charge < -0.3 is 9.88 Å². The van der Waals surface area contributed by atoms with Gasteiger partial charge in [0.05, 0.1) is 16.4 Å². The number of nitro benzene ring substituents is 1. The number of nitro groups is 1. The highest BCUT2D eigenvalue weighted by Crippen LogP contribution is 2.35. The summed E-state index contributed by atoms with van der Waals surface area (Å²) in [4.78, 5) is 26.4. The number of aromatic nitrogens is 2. The van der Waals surface area contributed by atoms with Crippen molar-refractivity contribution in [1.82, 2.24) is 9.55 Å². The number of benzene rings is 1. The zero-order chi connectivity index (χ0) is 16.3. The number of nitrogens with one attached hydrogen (secondary N) is 1. The summed E-state index contributed by atoms with van der Waals surface area (Å²) in [6.45, 7) is 0. The first-order valence-electron chi connectivity index (χ1n) is 5.92. The number of carbonyl (C=O) groups is 1. The molecule has 0 atom stereocenters. The Morgan fingerprint density at radius 3 is 2.59 bits per heavy atom. The van der Waals surface area contributed by atoms with Crippen LogP contribution in [0.3, 0.4) is 0 Å². The molecule has 0 aliphatic heterocycles. The molecule has 0 bridgehead atoms. The lowest BCUT2D eigenvalue weighted by atomic mass is 10.3. The molecule has 2 rings (SSSR count). The maximum atomic E-state index is 12.0. The van der Waals surface area contributed by atoms with Gasteiger partial charge in [-0.1, -0.05) is 11.8 Å². The molecule has 116 valence electrons. The average Bonchev–Trinajstić information content (AvgIpc) is 2.85. The van der Waals surface area contributed by atoms with Gasteiger partial charge >= 0.3 is 0 Å². The summed E-state index contributed by atoms with van der Waals surface area (Å²) in [7, 11) is 1.84. The molecule has 0 unspecified atom stereocenters. The lowest BCUT2D eigenvalue weighted by Gasteiger charge is -2.09. The van der Waals surface area contributed by atoms with Crippen LogP contribution in [0.1, 0.15) is 0 Å². The molecule has 7 nitrogen and oxygen atoms in total. The predicted octanol–water partition coefficient (Wildman–Crippen LogP) is 3.58.